The molecule has 3 aliphatic heterocycles. The number of likely N-dealkylation sites (tertiary alicyclic amines) is 1. The maximum Gasteiger partial charge on any atom is 0.355 e. The number of methoxy groups -OCH3 is 1. The second kappa shape index (κ2) is 19.3. The summed E-state index contributed by atoms with van der Waals surface area (Å²) in [7, 11) is 3.10. The number of hydrogen-bond acceptors (Lipinski definition) is 11. The molecule has 3 aliphatic rings. The van der Waals surface area contributed by atoms with Crippen molar-refractivity contribution in [3.05, 3.63) is 90.3 Å². The molecule has 2 fully saturated rings. The monoisotopic (exact) mass is 919 g/mol. The van der Waals surface area contributed by atoms with Crippen molar-refractivity contribution in [1.82, 2.24) is 35.1 Å². The molecular weight excluding hydrogens is 855 g/mol. The molecule has 2 aromatic carbocycles. The standard InChI is InChI=1S/C51H65N7O9/c1-10-42(59)56-23-20-50(64,29-56)47(62)55(8)43(31(3)4)45(60)53-40-25-33-14-12-15-34(24-33)35-16-17-41-37(26-35)38(44(57(41)11-2)39-28-52-21-18-36(39)32(5)66-9)27-49(6,7)30-67-48(63)51(65)19-13-22-58(54-51)46(40)61/h10,12,14-18,21,24,26,28,31-32,40,43,54,64-65H,1,11,13,19-20,22-23,25,27,29-30H2,2-9H3,(H,53,60)/t32-,40-,43-,50?,51-/m0/s1. The van der Waals surface area contributed by atoms with Crippen LogP contribution in [0.15, 0.2) is 73.6 Å². The molecule has 1 unspecified atom stereocenters. The molecule has 16 nitrogen and oxygen atoms in total. The number of hydrazine groups is 1. The molecular formula is C51H65N7O9. The molecule has 16 heteroatoms. The minimum atomic E-state index is -2.26. The van der Waals surface area contributed by atoms with E-state index in [4.69, 9.17) is 9.47 Å². The summed E-state index contributed by atoms with van der Waals surface area (Å²) >= 11 is 0. The number of cyclic esters (lactones) is 1. The van der Waals surface area contributed by atoms with Gasteiger partial charge in [-0.05, 0) is 84.7 Å². The Labute approximate surface area is 392 Å². The summed E-state index contributed by atoms with van der Waals surface area (Å²) in [6, 6.07) is 13.7. The number of aliphatic hydroxyl groups is 2. The molecule has 358 valence electrons. The molecule has 5 atom stereocenters. The van der Waals surface area contributed by atoms with Gasteiger partial charge in [0.05, 0.1) is 24.9 Å². The lowest BCUT2D eigenvalue weighted by molar-refractivity contribution is -0.189. The fourth-order valence-corrected chi connectivity index (χ4v) is 9.98. The summed E-state index contributed by atoms with van der Waals surface area (Å²) in [5.74, 6) is -3.84. The topological polar surface area (TPSA) is 196 Å². The number of aromatic nitrogens is 2. The van der Waals surface area contributed by atoms with Crippen molar-refractivity contribution in [2.75, 3.05) is 40.4 Å². The minimum absolute atomic E-state index is 0.00399. The van der Waals surface area contributed by atoms with E-state index in [-0.39, 0.29) is 58.0 Å². The van der Waals surface area contributed by atoms with E-state index in [0.717, 1.165) is 55.5 Å². The van der Waals surface area contributed by atoms with E-state index in [1.54, 1.807) is 27.2 Å². The number of fused-ring (bicyclic) bond motifs is 6. The average molecular weight is 920 g/mol. The number of ether oxygens (including phenoxy) is 2. The maximum absolute atomic E-state index is 14.7. The van der Waals surface area contributed by atoms with Crippen molar-refractivity contribution < 1.29 is 43.7 Å². The third-order valence-corrected chi connectivity index (χ3v) is 13.6. The Morgan fingerprint density at radius 2 is 1.82 bits per heavy atom. The highest BCUT2D eigenvalue weighted by Crippen LogP contribution is 2.42. The highest BCUT2D eigenvalue weighted by atomic mass is 16.6. The lowest BCUT2D eigenvalue weighted by atomic mass is 9.84. The van der Waals surface area contributed by atoms with Crippen LogP contribution in [0.3, 0.4) is 0 Å². The first kappa shape index (κ1) is 49.0. The van der Waals surface area contributed by atoms with Gasteiger partial charge in [0.15, 0.2) is 5.60 Å². The van der Waals surface area contributed by atoms with E-state index >= 15 is 0 Å². The quantitative estimate of drug-likeness (QED) is 0.127. The van der Waals surface area contributed by atoms with Crippen LogP contribution in [-0.2, 0) is 52.8 Å². The second-order valence-electron chi connectivity index (χ2n) is 19.4. The van der Waals surface area contributed by atoms with E-state index in [1.165, 1.54) is 16.8 Å². The maximum atomic E-state index is 14.7. The zero-order valence-corrected chi connectivity index (χ0v) is 39.9. The Morgan fingerprint density at radius 3 is 2.52 bits per heavy atom. The van der Waals surface area contributed by atoms with Crippen LogP contribution in [0, 0.1) is 11.3 Å². The number of nitrogens with zero attached hydrogens (tertiary/aromatic N) is 5. The van der Waals surface area contributed by atoms with Gasteiger partial charge in [-0.1, -0.05) is 64.6 Å². The number of carbonyl (C=O) groups is 5. The van der Waals surface area contributed by atoms with Crippen molar-refractivity contribution in [3.8, 4) is 22.4 Å². The molecule has 0 radical (unpaired) electrons. The third kappa shape index (κ3) is 9.76. The van der Waals surface area contributed by atoms with Crippen LogP contribution in [0.2, 0.25) is 0 Å². The summed E-state index contributed by atoms with van der Waals surface area (Å²) < 4.78 is 14.1. The second-order valence-corrected chi connectivity index (χ2v) is 19.4. The highest BCUT2D eigenvalue weighted by molar-refractivity contribution is 5.97. The van der Waals surface area contributed by atoms with Gasteiger partial charge in [-0.3, -0.25) is 29.2 Å². The van der Waals surface area contributed by atoms with Gasteiger partial charge in [-0.15, -0.1) is 0 Å². The number of amides is 4. The Balaban J connectivity index is 1.31. The molecule has 7 rings (SSSR count). The van der Waals surface area contributed by atoms with Gasteiger partial charge >= 0.3 is 5.97 Å². The van der Waals surface area contributed by atoms with Crippen molar-refractivity contribution in [2.24, 2.45) is 11.3 Å². The van der Waals surface area contributed by atoms with Crippen LogP contribution in [-0.4, -0.2) is 128 Å². The highest BCUT2D eigenvalue weighted by Gasteiger charge is 2.49. The molecule has 0 aliphatic carbocycles. The van der Waals surface area contributed by atoms with Gasteiger partial charge in [0.25, 0.3) is 11.8 Å². The SMILES string of the molecule is C=CC(=O)N1CCC(O)(C(=O)N(C)[C@H](C(=O)N[C@H]2Cc3cccc(c3)-c3ccc4c(c3)c(c(-c3cnccc3[C@H](C)OC)n4CC)CC(C)(C)COC(=O)[C@@]3(O)CCCN(N3)C2=O)C(C)C)C1. The number of esters is 1. The molecule has 5 heterocycles. The van der Waals surface area contributed by atoms with Crippen molar-refractivity contribution in [1.29, 1.82) is 0 Å². The average Bonchev–Trinajstić information content (AvgIpc) is 3.86. The predicted molar refractivity (Wildman–Crippen MR) is 253 cm³/mol. The number of pyridine rings is 1. The van der Waals surface area contributed by atoms with Gasteiger partial charge in [-0.25, -0.2) is 4.79 Å². The van der Waals surface area contributed by atoms with Crippen LogP contribution < -0.4 is 10.7 Å². The first-order valence-electron chi connectivity index (χ1n) is 23.2. The van der Waals surface area contributed by atoms with E-state index in [1.807, 2.05) is 57.3 Å². The molecule has 6 bridgehead atoms. The normalized spacial score (nSPS) is 23.1. The van der Waals surface area contributed by atoms with Crippen molar-refractivity contribution in [2.45, 2.75) is 110 Å². The largest absolute Gasteiger partial charge is 0.462 e. The lowest BCUT2D eigenvalue weighted by Crippen LogP contribution is -2.67. The molecule has 4 aromatic rings. The lowest BCUT2D eigenvalue weighted by Gasteiger charge is -2.40. The number of rotatable bonds is 10. The third-order valence-electron chi connectivity index (χ3n) is 13.6. The Hall–Kier alpha value is -5.94. The molecule has 2 saturated heterocycles. The fraction of sp³-hybridized carbons (Fsp3) is 0.490. The number of nitrogens with one attached hydrogen (secondary N) is 2. The summed E-state index contributed by atoms with van der Waals surface area (Å²) in [5, 5.41) is 28.4. The fourth-order valence-electron chi connectivity index (χ4n) is 9.98. The molecule has 0 spiro atoms. The first-order chi connectivity index (χ1) is 31.7. The van der Waals surface area contributed by atoms with E-state index in [9.17, 15) is 34.2 Å². The van der Waals surface area contributed by atoms with Gasteiger partial charge in [-0.2, -0.15) is 5.43 Å². The van der Waals surface area contributed by atoms with E-state index in [0.29, 0.717) is 18.5 Å². The van der Waals surface area contributed by atoms with Crippen molar-refractivity contribution >= 4 is 40.5 Å². The molecule has 2 aromatic heterocycles. The number of carbonyl (C=O) groups excluding carboxylic acids is 5. The molecule has 67 heavy (non-hydrogen) atoms. The number of hydrogen-bond donors (Lipinski definition) is 4. The van der Waals surface area contributed by atoms with Crippen LogP contribution in [0.25, 0.3) is 33.3 Å². The van der Waals surface area contributed by atoms with Crippen LogP contribution in [0.5, 0.6) is 0 Å². The van der Waals surface area contributed by atoms with Gasteiger partial charge < -0.3 is 39.4 Å². The first-order valence-corrected chi connectivity index (χ1v) is 23.2. The van der Waals surface area contributed by atoms with E-state index < -0.39 is 64.3 Å². The summed E-state index contributed by atoms with van der Waals surface area (Å²) in [6.45, 7) is 15.7. The smallest absolute Gasteiger partial charge is 0.355 e. The zero-order valence-electron chi connectivity index (χ0n) is 39.9. The summed E-state index contributed by atoms with van der Waals surface area (Å²) in [6.07, 6.45) is 5.20. The van der Waals surface area contributed by atoms with Crippen molar-refractivity contribution in [3.63, 3.8) is 0 Å². The Morgan fingerprint density at radius 1 is 1.07 bits per heavy atom. The number of benzene rings is 2. The molecule has 4 N–H and O–H groups in total. The number of β-amino-alcohol motifs (C(OH)–C–C–N with tert-alkyl or cyclic N) is 1. The van der Waals surface area contributed by atoms with Crippen LogP contribution in [0.1, 0.15) is 83.6 Å². The summed E-state index contributed by atoms with van der Waals surface area (Å²) in [5.41, 5.74) is 5.37. The molecule has 4 amide bonds. The minimum Gasteiger partial charge on any atom is -0.462 e. The number of likely N-dealkylation sites (N-methyl/N-ethyl adjacent to an activating group) is 1. The van der Waals surface area contributed by atoms with Crippen LogP contribution in [0.4, 0.5) is 0 Å². The van der Waals surface area contributed by atoms with E-state index in [2.05, 4.69) is 52.0 Å². The van der Waals surface area contributed by atoms with Gasteiger partial charge in [0, 0.05) is 87.3 Å². The predicted octanol–water partition coefficient (Wildman–Crippen LogP) is 4.70. The Bertz CT molecular complexity index is 2570. The van der Waals surface area contributed by atoms with Gasteiger partial charge in [0.1, 0.15) is 12.1 Å². The summed E-state index contributed by atoms with van der Waals surface area (Å²) in [4.78, 5) is 76.6. The molecule has 0 saturated carbocycles. The van der Waals surface area contributed by atoms with Crippen LogP contribution >= 0.6 is 0 Å². The van der Waals surface area contributed by atoms with Gasteiger partial charge in [0.2, 0.25) is 17.5 Å². The number of aryl methyl sites for hydroxylation is 1. The Kier molecular flexibility index (Phi) is 14.1. The zero-order chi connectivity index (χ0) is 48.6.